The highest BCUT2D eigenvalue weighted by molar-refractivity contribution is 5.78. The number of nitrogens with two attached hydrogens (primary N) is 1. The minimum absolute atomic E-state index is 0.143. The lowest BCUT2D eigenvalue weighted by atomic mass is 9.86. The molecule has 0 spiro atoms. The summed E-state index contributed by atoms with van der Waals surface area (Å²) in [5.41, 5.74) is 4.44. The van der Waals surface area contributed by atoms with Gasteiger partial charge in [0.1, 0.15) is 11.1 Å². The standard InChI is InChI=1S/C23H46N2O4/c1-6-8-9-10-11-12-13-14-15-17-23(24,20(26)27)18-16-19(7-2)25-21(28)29-22(3,4)5/h19H,6-18,24H2,1-5H3,(H,25,28)(H,26,27). The molecule has 0 aliphatic carbocycles. The van der Waals surface area contributed by atoms with Gasteiger partial charge in [0.2, 0.25) is 0 Å². The third-order valence-electron chi connectivity index (χ3n) is 5.30. The van der Waals surface area contributed by atoms with Gasteiger partial charge in [0.25, 0.3) is 0 Å². The first-order chi connectivity index (χ1) is 13.5. The Labute approximate surface area is 178 Å². The van der Waals surface area contributed by atoms with Crippen LogP contribution in [0, 0.1) is 0 Å². The van der Waals surface area contributed by atoms with Gasteiger partial charge in [0.05, 0.1) is 0 Å². The molecule has 2 atom stereocenters. The van der Waals surface area contributed by atoms with E-state index in [1.165, 1.54) is 38.5 Å². The van der Waals surface area contributed by atoms with E-state index in [1.807, 2.05) is 27.7 Å². The van der Waals surface area contributed by atoms with Crippen molar-refractivity contribution in [2.45, 2.75) is 135 Å². The van der Waals surface area contributed by atoms with Gasteiger partial charge in [-0.1, -0.05) is 71.6 Å². The van der Waals surface area contributed by atoms with Gasteiger partial charge in [0.15, 0.2) is 0 Å². The normalized spacial score (nSPS) is 14.8. The SMILES string of the molecule is CCCCCCCCCCCC(N)(CCC(CC)NC(=O)OC(C)(C)C)C(=O)O. The van der Waals surface area contributed by atoms with Crippen LogP contribution in [0.5, 0.6) is 0 Å². The molecule has 6 heteroatoms. The second-order valence-corrected chi connectivity index (χ2v) is 9.33. The van der Waals surface area contributed by atoms with Crippen LogP contribution in [0.15, 0.2) is 0 Å². The van der Waals surface area contributed by atoms with E-state index >= 15 is 0 Å². The maximum atomic E-state index is 12.0. The number of carboxylic acid groups (broad SMARTS) is 1. The molecule has 1 amide bonds. The van der Waals surface area contributed by atoms with Crippen LogP contribution in [-0.2, 0) is 9.53 Å². The Morgan fingerprint density at radius 3 is 1.90 bits per heavy atom. The van der Waals surface area contributed by atoms with Crippen molar-refractivity contribution in [3.8, 4) is 0 Å². The first-order valence-corrected chi connectivity index (χ1v) is 11.6. The molecule has 172 valence electrons. The number of ether oxygens (including phenoxy) is 1. The van der Waals surface area contributed by atoms with Gasteiger partial charge in [-0.15, -0.1) is 0 Å². The van der Waals surface area contributed by atoms with Crippen LogP contribution in [0.25, 0.3) is 0 Å². The second kappa shape index (κ2) is 14.6. The summed E-state index contributed by atoms with van der Waals surface area (Å²) in [6.45, 7) is 9.62. The monoisotopic (exact) mass is 414 g/mol. The number of nitrogens with one attached hydrogen (secondary N) is 1. The largest absolute Gasteiger partial charge is 0.480 e. The summed E-state index contributed by atoms with van der Waals surface area (Å²) in [6, 6.07) is -0.143. The van der Waals surface area contributed by atoms with Crippen molar-refractivity contribution in [2.24, 2.45) is 5.73 Å². The predicted molar refractivity (Wildman–Crippen MR) is 119 cm³/mol. The van der Waals surface area contributed by atoms with Crippen LogP contribution in [0.4, 0.5) is 4.79 Å². The van der Waals surface area contributed by atoms with E-state index in [4.69, 9.17) is 10.5 Å². The molecule has 29 heavy (non-hydrogen) atoms. The molecule has 0 aromatic carbocycles. The topological polar surface area (TPSA) is 102 Å². The van der Waals surface area contributed by atoms with Gasteiger partial charge in [-0.3, -0.25) is 4.79 Å². The zero-order valence-electron chi connectivity index (χ0n) is 19.5. The fraction of sp³-hybridized carbons (Fsp3) is 0.913. The Morgan fingerprint density at radius 1 is 0.931 bits per heavy atom. The van der Waals surface area contributed by atoms with E-state index in [1.54, 1.807) is 0 Å². The number of aliphatic carboxylic acids is 1. The Balaban J connectivity index is 4.28. The molecule has 0 aliphatic heterocycles. The number of amides is 1. The third-order valence-corrected chi connectivity index (χ3v) is 5.30. The zero-order valence-corrected chi connectivity index (χ0v) is 19.5. The summed E-state index contributed by atoms with van der Waals surface area (Å²) in [5, 5.41) is 12.5. The molecule has 4 N–H and O–H groups in total. The summed E-state index contributed by atoms with van der Waals surface area (Å²) in [6.07, 6.45) is 12.2. The van der Waals surface area contributed by atoms with Crippen molar-refractivity contribution in [3.05, 3.63) is 0 Å². The molecule has 0 heterocycles. The molecule has 0 aliphatic rings. The summed E-state index contributed by atoms with van der Waals surface area (Å²) < 4.78 is 5.29. The van der Waals surface area contributed by atoms with Crippen molar-refractivity contribution in [1.82, 2.24) is 5.32 Å². The van der Waals surface area contributed by atoms with Crippen molar-refractivity contribution in [3.63, 3.8) is 0 Å². The van der Waals surface area contributed by atoms with E-state index in [2.05, 4.69) is 12.2 Å². The van der Waals surface area contributed by atoms with Crippen molar-refractivity contribution >= 4 is 12.1 Å². The predicted octanol–water partition coefficient (Wildman–Crippen LogP) is 5.77. The molecule has 0 aromatic rings. The molecule has 6 nitrogen and oxygen atoms in total. The number of carboxylic acids is 1. The van der Waals surface area contributed by atoms with Gasteiger partial charge in [-0.2, -0.15) is 0 Å². The fourth-order valence-corrected chi connectivity index (χ4v) is 3.37. The van der Waals surface area contributed by atoms with Crippen LogP contribution in [0.1, 0.15) is 118 Å². The summed E-state index contributed by atoms with van der Waals surface area (Å²) in [7, 11) is 0. The number of hydrogen-bond donors (Lipinski definition) is 3. The molecule has 0 saturated carbocycles. The van der Waals surface area contributed by atoms with Gasteiger partial charge in [-0.05, 0) is 46.5 Å². The minimum atomic E-state index is -1.23. The van der Waals surface area contributed by atoms with E-state index in [-0.39, 0.29) is 6.04 Å². The van der Waals surface area contributed by atoms with E-state index in [0.29, 0.717) is 25.7 Å². The zero-order chi connectivity index (χ0) is 22.3. The van der Waals surface area contributed by atoms with Gasteiger partial charge >= 0.3 is 12.1 Å². The van der Waals surface area contributed by atoms with E-state index < -0.39 is 23.2 Å². The molecule has 0 fully saturated rings. The quantitative estimate of drug-likeness (QED) is 0.278. The number of rotatable bonds is 16. The van der Waals surface area contributed by atoms with Crippen LogP contribution in [-0.4, -0.2) is 34.4 Å². The van der Waals surface area contributed by atoms with Crippen molar-refractivity contribution in [1.29, 1.82) is 0 Å². The third kappa shape index (κ3) is 14.3. The Bertz CT molecular complexity index is 462. The highest BCUT2D eigenvalue weighted by Crippen LogP contribution is 2.22. The molecule has 0 radical (unpaired) electrons. The second-order valence-electron chi connectivity index (χ2n) is 9.33. The average molecular weight is 415 g/mol. The van der Waals surface area contributed by atoms with Crippen LogP contribution in [0.3, 0.4) is 0 Å². The lowest BCUT2D eigenvalue weighted by molar-refractivity contribution is -0.144. The maximum Gasteiger partial charge on any atom is 0.407 e. The fourth-order valence-electron chi connectivity index (χ4n) is 3.37. The average Bonchev–Trinajstić information content (AvgIpc) is 2.62. The van der Waals surface area contributed by atoms with Crippen molar-refractivity contribution < 1.29 is 19.4 Å². The first kappa shape index (κ1) is 27.7. The number of carbonyl (C=O) groups is 2. The maximum absolute atomic E-state index is 12.0. The van der Waals surface area contributed by atoms with E-state index in [9.17, 15) is 14.7 Å². The smallest absolute Gasteiger partial charge is 0.407 e. The molecule has 0 bridgehead atoms. The summed E-state index contributed by atoms with van der Waals surface area (Å²) in [4.78, 5) is 23.7. The highest BCUT2D eigenvalue weighted by Gasteiger charge is 2.34. The molecule has 2 unspecified atom stereocenters. The van der Waals surface area contributed by atoms with Crippen molar-refractivity contribution in [2.75, 3.05) is 0 Å². The molecular weight excluding hydrogens is 368 g/mol. The summed E-state index contributed by atoms with van der Waals surface area (Å²) >= 11 is 0. The Hall–Kier alpha value is -1.30. The number of alkyl carbamates (subject to hydrolysis) is 1. The lowest BCUT2D eigenvalue weighted by Crippen LogP contribution is -2.49. The lowest BCUT2D eigenvalue weighted by Gasteiger charge is -2.28. The number of carbonyl (C=O) groups excluding carboxylic acids is 1. The first-order valence-electron chi connectivity index (χ1n) is 11.6. The minimum Gasteiger partial charge on any atom is -0.480 e. The van der Waals surface area contributed by atoms with Crippen LogP contribution >= 0.6 is 0 Å². The van der Waals surface area contributed by atoms with Gasteiger partial charge < -0.3 is 20.9 Å². The highest BCUT2D eigenvalue weighted by atomic mass is 16.6. The molecule has 0 rings (SSSR count). The van der Waals surface area contributed by atoms with Crippen LogP contribution in [0.2, 0.25) is 0 Å². The van der Waals surface area contributed by atoms with Gasteiger partial charge in [0, 0.05) is 6.04 Å². The molecule has 0 aromatic heterocycles. The molecule has 0 saturated heterocycles. The Kier molecular flexibility index (Phi) is 14.0. The Morgan fingerprint density at radius 2 is 1.45 bits per heavy atom. The summed E-state index contributed by atoms with van der Waals surface area (Å²) in [5.74, 6) is -0.954. The van der Waals surface area contributed by atoms with Gasteiger partial charge in [-0.25, -0.2) is 4.79 Å². The number of unbranched alkanes of at least 4 members (excludes halogenated alkanes) is 8. The number of hydrogen-bond acceptors (Lipinski definition) is 4. The molecular formula is C23H46N2O4. The van der Waals surface area contributed by atoms with Crippen LogP contribution < -0.4 is 11.1 Å². The van der Waals surface area contributed by atoms with E-state index in [0.717, 1.165) is 19.3 Å².